The number of carbonyl (C=O) groups excluding carboxylic acids is 2. The largest absolute Gasteiger partial charge is 0.497 e. The minimum atomic E-state index is -4.62. The molecule has 14 heteroatoms. The van der Waals surface area contributed by atoms with Crippen LogP contribution < -0.4 is 19.1 Å². The van der Waals surface area contributed by atoms with Gasteiger partial charge in [0, 0.05) is 29.7 Å². The van der Waals surface area contributed by atoms with E-state index in [4.69, 9.17) is 21.1 Å². The third-order valence-corrected chi connectivity index (χ3v) is 8.87. The van der Waals surface area contributed by atoms with Crippen molar-refractivity contribution in [3.8, 4) is 11.5 Å². The molecule has 3 aromatic rings. The highest BCUT2D eigenvalue weighted by atomic mass is 35.5. The Labute approximate surface area is 261 Å². The first-order valence-corrected chi connectivity index (χ1v) is 15.5. The van der Waals surface area contributed by atoms with Gasteiger partial charge in [0.25, 0.3) is 15.7 Å². The zero-order chi connectivity index (χ0) is 32.6. The maximum atomic E-state index is 14.2. The van der Waals surface area contributed by atoms with Crippen LogP contribution in [-0.2, 0) is 26.2 Å². The van der Waals surface area contributed by atoms with Crippen LogP contribution in [0.1, 0.15) is 31.4 Å². The number of rotatable bonds is 14. The van der Waals surface area contributed by atoms with E-state index in [9.17, 15) is 28.1 Å². The molecule has 0 aliphatic rings. The van der Waals surface area contributed by atoms with E-state index in [1.165, 1.54) is 56.4 Å². The summed E-state index contributed by atoms with van der Waals surface area (Å²) in [4.78, 5) is 38.9. The Morgan fingerprint density at radius 2 is 1.73 bits per heavy atom. The number of carbonyl (C=O) groups is 2. The van der Waals surface area contributed by atoms with Crippen LogP contribution in [0.3, 0.4) is 0 Å². The van der Waals surface area contributed by atoms with Crippen molar-refractivity contribution in [1.29, 1.82) is 0 Å². The van der Waals surface area contributed by atoms with Gasteiger partial charge in [0.05, 0.1) is 29.7 Å². The Balaban J connectivity index is 2.14. The molecule has 0 heterocycles. The number of sulfonamides is 1. The van der Waals surface area contributed by atoms with E-state index in [1.54, 1.807) is 31.2 Å². The minimum absolute atomic E-state index is 0.0277. The predicted molar refractivity (Wildman–Crippen MR) is 167 cm³/mol. The molecule has 1 N–H and O–H groups in total. The van der Waals surface area contributed by atoms with Gasteiger partial charge in [-0.05, 0) is 62.2 Å². The average Bonchev–Trinajstić information content (AvgIpc) is 3.00. The number of methoxy groups -OCH3 is 2. The maximum absolute atomic E-state index is 14.2. The number of anilines is 1. The van der Waals surface area contributed by atoms with Gasteiger partial charge in [-0.2, -0.15) is 0 Å². The van der Waals surface area contributed by atoms with Gasteiger partial charge in [-0.15, -0.1) is 0 Å². The first kappa shape index (κ1) is 34.1. The number of halogens is 1. The molecule has 0 aromatic heterocycles. The van der Waals surface area contributed by atoms with Crippen molar-refractivity contribution in [3.63, 3.8) is 0 Å². The fourth-order valence-corrected chi connectivity index (χ4v) is 5.95. The van der Waals surface area contributed by atoms with Gasteiger partial charge in [0.15, 0.2) is 0 Å². The van der Waals surface area contributed by atoms with Crippen LogP contribution in [-0.4, -0.2) is 63.4 Å². The lowest BCUT2D eigenvalue weighted by Crippen LogP contribution is -2.51. The first-order chi connectivity index (χ1) is 20.8. The highest BCUT2D eigenvalue weighted by Gasteiger charge is 2.35. The van der Waals surface area contributed by atoms with Crippen LogP contribution in [0.2, 0.25) is 5.02 Å². The number of hydrogen-bond acceptors (Lipinski definition) is 8. The number of amides is 2. The second-order valence-corrected chi connectivity index (χ2v) is 12.2. The average molecular weight is 647 g/mol. The van der Waals surface area contributed by atoms with Gasteiger partial charge in [-0.3, -0.25) is 24.0 Å². The summed E-state index contributed by atoms with van der Waals surface area (Å²) in [6, 6.07) is 13.6. The van der Waals surface area contributed by atoms with E-state index in [0.29, 0.717) is 24.3 Å². The molecule has 0 saturated carbocycles. The Bertz CT molecular complexity index is 1620. The van der Waals surface area contributed by atoms with E-state index < -0.39 is 49.9 Å². The third-order valence-electron chi connectivity index (χ3n) is 6.88. The van der Waals surface area contributed by atoms with Crippen LogP contribution in [0.15, 0.2) is 65.6 Å². The normalized spacial score (nSPS) is 11.8. The number of aryl methyl sites for hydroxylation is 1. The van der Waals surface area contributed by atoms with Gasteiger partial charge >= 0.3 is 0 Å². The summed E-state index contributed by atoms with van der Waals surface area (Å²) in [6.07, 6.45) is 0.675. The Kier molecular flexibility index (Phi) is 11.5. The fourth-order valence-electron chi connectivity index (χ4n) is 4.35. The van der Waals surface area contributed by atoms with Crippen molar-refractivity contribution >= 4 is 44.8 Å². The monoisotopic (exact) mass is 646 g/mol. The standard InChI is InChI=1S/C30H35ClN4O8S/c1-6-15-32-30(37)21(3)33(18-22-8-11-24(42-4)12-9-22)29(36)19-34(27-16-23(31)10-14-28(27)43-5)44(40,41)25-13-7-20(2)26(17-25)35(38)39/h7-14,16-17,21H,6,15,18-19H2,1-5H3,(H,32,37)/t21-/m0/s1. The van der Waals surface area contributed by atoms with Crippen molar-refractivity contribution in [2.24, 2.45) is 0 Å². The Hall–Kier alpha value is -4.36. The van der Waals surface area contributed by atoms with Gasteiger partial charge < -0.3 is 19.7 Å². The molecule has 0 unspecified atom stereocenters. The summed E-state index contributed by atoms with van der Waals surface area (Å²) in [6.45, 7) is 4.51. The highest BCUT2D eigenvalue weighted by molar-refractivity contribution is 7.92. The van der Waals surface area contributed by atoms with Crippen LogP contribution >= 0.6 is 11.6 Å². The van der Waals surface area contributed by atoms with E-state index in [-0.39, 0.29) is 28.6 Å². The molecule has 0 aliphatic heterocycles. The maximum Gasteiger partial charge on any atom is 0.273 e. The van der Waals surface area contributed by atoms with Crippen molar-refractivity contribution in [3.05, 3.63) is 86.9 Å². The molecule has 1 atom stereocenters. The number of hydrogen-bond donors (Lipinski definition) is 1. The van der Waals surface area contributed by atoms with E-state index in [2.05, 4.69) is 5.32 Å². The summed E-state index contributed by atoms with van der Waals surface area (Å²) in [5, 5.41) is 14.6. The summed E-state index contributed by atoms with van der Waals surface area (Å²) in [5.74, 6) is -0.453. The van der Waals surface area contributed by atoms with Crippen LogP contribution in [0, 0.1) is 17.0 Å². The van der Waals surface area contributed by atoms with Crippen molar-refractivity contribution < 1.29 is 32.4 Å². The third kappa shape index (κ3) is 7.97. The number of nitrogens with zero attached hydrogens (tertiary/aromatic N) is 3. The lowest BCUT2D eigenvalue weighted by atomic mass is 10.1. The predicted octanol–water partition coefficient (Wildman–Crippen LogP) is 4.71. The Morgan fingerprint density at radius 1 is 1.05 bits per heavy atom. The molecule has 3 rings (SSSR count). The smallest absolute Gasteiger partial charge is 0.273 e. The molecule has 12 nitrogen and oxygen atoms in total. The second-order valence-electron chi connectivity index (χ2n) is 9.87. The van der Waals surface area contributed by atoms with Crippen molar-refractivity contribution in [2.45, 2.75) is 44.7 Å². The lowest BCUT2D eigenvalue weighted by Gasteiger charge is -2.32. The van der Waals surface area contributed by atoms with E-state index >= 15 is 0 Å². The van der Waals surface area contributed by atoms with Crippen LogP contribution in [0.25, 0.3) is 0 Å². The van der Waals surface area contributed by atoms with Crippen molar-refractivity contribution in [1.82, 2.24) is 10.2 Å². The molecule has 0 aliphatic carbocycles. The minimum Gasteiger partial charge on any atom is -0.497 e. The molecule has 0 radical (unpaired) electrons. The van der Waals surface area contributed by atoms with E-state index in [0.717, 1.165) is 10.4 Å². The summed E-state index contributed by atoms with van der Waals surface area (Å²) in [5.41, 5.74) is 0.453. The zero-order valence-electron chi connectivity index (χ0n) is 25.1. The number of nitro groups is 1. The van der Waals surface area contributed by atoms with Crippen LogP contribution in [0.5, 0.6) is 11.5 Å². The summed E-state index contributed by atoms with van der Waals surface area (Å²) < 4.78 is 39.7. The fraction of sp³-hybridized carbons (Fsp3) is 0.333. The highest BCUT2D eigenvalue weighted by Crippen LogP contribution is 2.36. The zero-order valence-corrected chi connectivity index (χ0v) is 26.6. The first-order valence-electron chi connectivity index (χ1n) is 13.6. The topological polar surface area (TPSA) is 148 Å². The molecule has 3 aromatic carbocycles. The van der Waals surface area contributed by atoms with Crippen LogP contribution in [0.4, 0.5) is 11.4 Å². The molecular formula is C30H35ClN4O8S. The molecule has 0 bridgehead atoms. The lowest BCUT2D eigenvalue weighted by molar-refractivity contribution is -0.385. The van der Waals surface area contributed by atoms with Gasteiger partial charge in [0.1, 0.15) is 24.1 Å². The Morgan fingerprint density at radius 3 is 2.32 bits per heavy atom. The molecule has 0 fully saturated rings. The van der Waals surface area contributed by atoms with Crippen molar-refractivity contribution in [2.75, 3.05) is 31.6 Å². The summed E-state index contributed by atoms with van der Waals surface area (Å²) in [7, 11) is -1.77. The molecule has 2 amide bonds. The number of benzene rings is 3. The van der Waals surface area contributed by atoms with Gasteiger partial charge in [-0.25, -0.2) is 8.42 Å². The molecule has 236 valence electrons. The molecule has 0 saturated heterocycles. The number of ether oxygens (including phenoxy) is 2. The quantitative estimate of drug-likeness (QED) is 0.196. The number of nitrogens with one attached hydrogen (secondary N) is 1. The SMILES string of the molecule is CCCNC(=O)[C@H](C)N(Cc1ccc(OC)cc1)C(=O)CN(c1cc(Cl)ccc1OC)S(=O)(=O)c1ccc(C)c([N+](=O)[O-])c1. The molecule has 0 spiro atoms. The van der Waals surface area contributed by atoms with Gasteiger partial charge in [-0.1, -0.05) is 36.7 Å². The summed E-state index contributed by atoms with van der Waals surface area (Å²) >= 11 is 6.25. The second kappa shape index (κ2) is 14.9. The van der Waals surface area contributed by atoms with E-state index in [1.807, 2.05) is 6.92 Å². The number of nitro benzene ring substituents is 1. The molecule has 44 heavy (non-hydrogen) atoms. The van der Waals surface area contributed by atoms with Gasteiger partial charge in [0.2, 0.25) is 11.8 Å². The molecular weight excluding hydrogens is 612 g/mol.